The maximum atomic E-state index is 4.72. The predicted molar refractivity (Wildman–Crippen MR) is 120 cm³/mol. The molecule has 0 aliphatic carbocycles. The van der Waals surface area contributed by atoms with Crippen LogP contribution >= 0.6 is 35.3 Å². The highest BCUT2D eigenvalue weighted by Crippen LogP contribution is 2.23. The number of benzene rings is 1. The Labute approximate surface area is 172 Å². The molecule has 2 aromatic rings. The van der Waals surface area contributed by atoms with Gasteiger partial charge in [0.1, 0.15) is 5.01 Å². The number of thiazole rings is 1. The summed E-state index contributed by atoms with van der Waals surface area (Å²) >= 11 is 1.70. The topological polar surface area (TPSA) is 40.5 Å². The van der Waals surface area contributed by atoms with Gasteiger partial charge in [0, 0.05) is 44.5 Å². The third-order valence-electron chi connectivity index (χ3n) is 3.71. The van der Waals surface area contributed by atoms with Crippen LogP contribution in [0.4, 0.5) is 0 Å². The molecular weight excluding hydrogens is 443 g/mol. The molecule has 0 aliphatic rings. The van der Waals surface area contributed by atoms with Crippen molar-refractivity contribution in [3.05, 3.63) is 54.1 Å². The van der Waals surface area contributed by atoms with Crippen LogP contribution in [0.2, 0.25) is 0 Å². The van der Waals surface area contributed by atoms with Gasteiger partial charge in [-0.25, -0.2) is 4.98 Å². The van der Waals surface area contributed by atoms with Gasteiger partial charge in [-0.1, -0.05) is 36.4 Å². The summed E-state index contributed by atoms with van der Waals surface area (Å²) in [6.07, 6.45) is 4.97. The molecule has 1 aromatic heterocycles. The van der Waals surface area contributed by atoms with E-state index in [-0.39, 0.29) is 24.0 Å². The average molecular weight is 470 g/mol. The molecule has 0 aliphatic heterocycles. The largest absolute Gasteiger partial charge is 0.356 e. The number of aliphatic imine (C=N–C) groups is 1. The third-order valence-corrected chi connectivity index (χ3v) is 4.65. The fraction of sp³-hybridized carbons (Fsp3) is 0.368. The Morgan fingerprint density at radius 3 is 2.80 bits per heavy atom. The van der Waals surface area contributed by atoms with Crippen molar-refractivity contribution >= 4 is 41.3 Å². The SMILES string of the molecule is C=CCCCN(C)C(=NC)NCCc1csc(-c2ccccc2)n1.I. The van der Waals surface area contributed by atoms with Gasteiger partial charge in [0.25, 0.3) is 0 Å². The van der Waals surface area contributed by atoms with Crippen molar-refractivity contribution in [2.75, 3.05) is 27.2 Å². The summed E-state index contributed by atoms with van der Waals surface area (Å²) in [5, 5.41) is 6.63. The van der Waals surface area contributed by atoms with E-state index in [0.717, 1.165) is 49.0 Å². The quantitative estimate of drug-likeness (QED) is 0.204. The smallest absolute Gasteiger partial charge is 0.193 e. The standard InChI is InChI=1S/C19H26N4S.HI/c1-4-5-9-14-23(3)19(20-2)21-13-12-17-15-24-18(22-17)16-10-7-6-8-11-16;/h4,6-8,10-11,15H,1,5,9,12-14H2,2-3H3,(H,20,21);1H. The minimum Gasteiger partial charge on any atom is -0.356 e. The first-order chi connectivity index (χ1) is 11.7. The van der Waals surface area contributed by atoms with Crippen LogP contribution in [0.3, 0.4) is 0 Å². The lowest BCUT2D eigenvalue weighted by Crippen LogP contribution is -2.40. The monoisotopic (exact) mass is 470 g/mol. The van der Waals surface area contributed by atoms with Crippen LogP contribution in [0.25, 0.3) is 10.6 Å². The van der Waals surface area contributed by atoms with Crippen molar-refractivity contribution < 1.29 is 0 Å². The van der Waals surface area contributed by atoms with Crippen molar-refractivity contribution in [2.24, 2.45) is 4.99 Å². The Bertz CT molecular complexity index is 654. The second kappa shape index (κ2) is 12.0. The van der Waals surface area contributed by atoms with Crippen LogP contribution in [-0.2, 0) is 6.42 Å². The number of halogens is 1. The van der Waals surface area contributed by atoms with Crippen LogP contribution in [-0.4, -0.2) is 43.0 Å². The zero-order valence-corrected chi connectivity index (χ0v) is 18.1. The second-order valence-electron chi connectivity index (χ2n) is 5.59. The molecule has 6 heteroatoms. The van der Waals surface area contributed by atoms with E-state index in [2.05, 4.69) is 46.3 Å². The van der Waals surface area contributed by atoms with Gasteiger partial charge in [-0.2, -0.15) is 0 Å². The highest BCUT2D eigenvalue weighted by Gasteiger charge is 2.07. The normalized spacial score (nSPS) is 10.9. The molecule has 0 spiro atoms. The summed E-state index contributed by atoms with van der Waals surface area (Å²) in [5.41, 5.74) is 2.30. The molecule has 1 N–H and O–H groups in total. The molecule has 0 radical (unpaired) electrons. The first-order valence-corrected chi connectivity index (χ1v) is 9.15. The van der Waals surface area contributed by atoms with Gasteiger partial charge in [0.2, 0.25) is 0 Å². The zero-order valence-electron chi connectivity index (χ0n) is 14.9. The Kier molecular flexibility index (Phi) is 10.4. The van der Waals surface area contributed by atoms with Crippen molar-refractivity contribution in [1.29, 1.82) is 0 Å². The lowest BCUT2D eigenvalue weighted by atomic mass is 10.2. The lowest BCUT2D eigenvalue weighted by molar-refractivity contribution is 0.470. The van der Waals surface area contributed by atoms with Crippen LogP contribution < -0.4 is 5.32 Å². The molecule has 0 saturated heterocycles. The molecule has 4 nitrogen and oxygen atoms in total. The molecule has 136 valence electrons. The van der Waals surface area contributed by atoms with E-state index in [4.69, 9.17) is 4.98 Å². The Morgan fingerprint density at radius 2 is 2.12 bits per heavy atom. The molecule has 0 unspecified atom stereocenters. The van der Waals surface area contributed by atoms with E-state index in [9.17, 15) is 0 Å². The molecule has 25 heavy (non-hydrogen) atoms. The van der Waals surface area contributed by atoms with Crippen molar-refractivity contribution in [1.82, 2.24) is 15.2 Å². The van der Waals surface area contributed by atoms with E-state index >= 15 is 0 Å². The predicted octanol–water partition coefficient (Wildman–Crippen LogP) is 4.44. The zero-order chi connectivity index (χ0) is 17.2. The highest BCUT2D eigenvalue weighted by molar-refractivity contribution is 14.0. The lowest BCUT2D eigenvalue weighted by Gasteiger charge is -2.21. The first kappa shape index (κ1) is 21.6. The van der Waals surface area contributed by atoms with Gasteiger partial charge in [-0.05, 0) is 12.8 Å². The number of guanidine groups is 1. The number of rotatable bonds is 8. The molecule has 0 bridgehead atoms. The van der Waals surface area contributed by atoms with Gasteiger partial charge < -0.3 is 10.2 Å². The fourth-order valence-corrected chi connectivity index (χ4v) is 3.26. The summed E-state index contributed by atoms with van der Waals surface area (Å²) in [7, 11) is 3.89. The summed E-state index contributed by atoms with van der Waals surface area (Å²) in [6.45, 7) is 5.56. The molecule has 0 fully saturated rings. The average Bonchev–Trinajstić information content (AvgIpc) is 3.08. The molecule has 1 heterocycles. The Morgan fingerprint density at radius 1 is 1.36 bits per heavy atom. The number of unbranched alkanes of at least 4 members (excludes halogenated alkanes) is 1. The number of allylic oxidation sites excluding steroid dienone is 1. The number of nitrogens with zero attached hydrogens (tertiary/aromatic N) is 3. The van der Waals surface area contributed by atoms with Crippen LogP contribution in [0, 0.1) is 0 Å². The number of hydrogen-bond donors (Lipinski definition) is 1. The van der Waals surface area contributed by atoms with Crippen LogP contribution in [0.1, 0.15) is 18.5 Å². The minimum absolute atomic E-state index is 0. The fourth-order valence-electron chi connectivity index (χ4n) is 2.40. The molecule has 0 saturated carbocycles. The first-order valence-electron chi connectivity index (χ1n) is 8.27. The Hall–Kier alpha value is -1.41. The van der Waals surface area contributed by atoms with E-state index in [1.165, 1.54) is 5.56 Å². The van der Waals surface area contributed by atoms with Crippen molar-refractivity contribution in [2.45, 2.75) is 19.3 Å². The van der Waals surface area contributed by atoms with Gasteiger partial charge in [-0.15, -0.1) is 41.9 Å². The Balaban J connectivity index is 0.00000312. The molecular formula is C19H27IN4S. The summed E-state index contributed by atoms with van der Waals surface area (Å²) in [5.74, 6) is 0.928. The van der Waals surface area contributed by atoms with Crippen molar-refractivity contribution in [3.8, 4) is 10.6 Å². The molecule has 0 amide bonds. The van der Waals surface area contributed by atoms with Gasteiger partial charge in [-0.3, -0.25) is 4.99 Å². The molecule has 0 atom stereocenters. The number of nitrogens with one attached hydrogen (secondary N) is 1. The summed E-state index contributed by atoms with van der Waals surface area (Å²) in [4.78, 5) is 11.2. The van der Waals surface area contributed by atoms with E-state index in [1.807, 2.05) is 31.3 Å². The van der Waals surface area contributed by atoms with Crippen LogP contribution in [0.5, 0.6) is 0 Å². The van der Waals surface area contributed by atoms with Crippen molar-refractivity contribution in [3.63, 3.8) is 0 Å². The third kappa shape index (κ3) is 7.15. The van der Waals surface area contributed by atoms with E-state index in [0.29, 0.717) is 0 Å². The summed E-state index contributed by atoms with van der Waals surface area (Å²) < 4.78 is 0. The molecule has 1 aromatic carbocycles. The maximum Gasteiger partial charge on any atom is 0.193 e. The van der Waals surface area contributed by atoms with Gasteiger partial charge >= 0.3 is 0 Å². The van der Waals surface area contributed by atoms with Crippen LogP contribution in [0.15, 0.2) is 53.4 Å². The summed E-state index contributed by atoms with van der Waals surface area (Å²) in [6, 6.07) is 10.3. The maximum absolute atomic E-state index is 4.72. The number of aromatic nitrogens is 1. The highest BCUT2D eigenvalue weighted by atomic mass is 127. The van der Waals surface area contributed by atoms with Gasteiger partial charge in [0.05, 0.1) is 5.69 Å². The van der Waals surface area contributed by atoms with E-state index < -0.39 is 0 Å². The second-order valence-corrected chi connectivity index (χ2v) is 6.44. The molecule has 2 rings (SSSR count). The minimum atomic E-state index is 0. The van der Waals surface area contributed by atoms with Gasteiger partial charge in [0.15, 0.2) is 5.96 Å². The van der Waals surface area contributed by atoms with E-state index in [1.54, 1.807) is 11.3 Å². The number of hydrogen-bond acceptors (Lipinski definition) is 3.